The highest BCUT2D eigenvalue weighted by Crippen LogP contribution is 2.39. The lowest BCUT2D eigenvalue weighted by molar-refractivity contribution is -0.695. The Hall–Kier alpha value is -3.87. The molecule has 0 bridgehead atoms. The maximum absolute atomic E-state index is 13.6. The monoisotopic (exact) mass is 443 g/mol. The van der Waals surface area contributed by atoms with E-state index in [-0.39, 0.29) is 11.7 Å². The number of aromatic nitrogens is 2. The maximum Gasteiger partial charge on any atom is 0.295 e. The minimum Gasteiger partial charge on any atom is -0.872 e. The van der Waals surface area contributed by atoms with Crippen molar-refractivity contribution in [2.75, 3.05) is 6.54 Å². The van der Waals surface area contributed by atoms with E-state index in [2.05, 4.69) is 4.98 Å². The van der Waals surface area contributed by atoms with E-state index in [1.54, 1.807) is 18.2 Å². The van der Waals surface area contributed by atoms with Gasteiger partial charge in [-0.3, -0.25) is 14.6 Å². The molecule has 1 saturated heterocycles. The van der Waals surface area contributed by atoms with E-state index in [9.17, 15) is 14.7 Å². The van der Waals surface area contributed by atoms with Crippen molar-refractivity contribution in [1.82, 2.24) is 9.88 Å². The van der Waals surface area contributed by atoms with Crippen LogP contribution >= 0.6 is 0 Å². The maximum atomic E-state index is 13.6. The van der Waals surface area contributed by atoms with Gasteiger partial charge in [-0.15, -0.1) is 0 Å². The first-order valence-corrected chi connectivity index (χ1v) is 11.2. The number of aryl methyl sites for hydroxylation is 1. The second-order valence-corrected chi connectivity index (χ2v) is 8.54. The van der Waals surface area contributed by atoms with E-state index in [0.29, 0.717) is 31.5 Å². The first kappa shape index (κ1) is 21.0. The van der Waals surface area contributed by atoms with Crippen LogP contribution in [0, 0.1) is 0 Å². The minimum atomic E-state index is -0.715. The molecule has 0 aliphatic carbocycles. The molecule has 3 aromatic rings. The van der Waals surface area contributed by atoms with Gasteiger partial charge in [0, 0.05) is 25.0 Å². The normalized spacial score (nSPS) is 21.3. The third kappa shape index (κ3) is 3.91. The van der Waals surface area contributed by atoms with Gasteiger partial charge in [0.25, 0.3) is 5.91 Å². The molecule has 0 saturated carbocycles. The molecule has 168 valence electrons. The molecule has 2 atom stereocenters. The molecule has 3 heterocycles. The molecule has 1 amide bonds. The molecule has 2 unspecified atom stereocenters. The van der Waals surface area contributed by atoms with E-state index in [1.165, 1.54) is 4.90 Å². The number of hydrogen-bond donors (Lipinski definition) is 1. The zero-order valence-electron chi connectivity index (χ0n) is 18.4. The molecule has 0 radical (unpaired) electrons. The summed E-state index contributed by atoms with van der Waals surface area (Å²) >= 11 is 0. The van der Waals surface area contributed by atoms with Crippen LogP contribution in [0.3, 0.4) is 0 Å². The summed E-state index contributed by atoms with van der Waals surface area (Å²) in [6.07, 6.45) is 6.99. The summed E-state index contributed by atoms with van der Waals surface area (Å²) in [7, 11) is 0. The summed E-state index contributed by atoms with van der Waals surface area (Å²) in [4.78, 5) is 30.7. The number of H-pyrrole nitrogens is 1. The lowest BCUT2D eigenvalue weighted by Crippen LogP contribution is -2.36. The SMILES string of the molecule is CC1Cc2cc(/C([O-])=C3\C(=O)C(=O)N(CCC[n+]4cc[nH]c4)C3c3ccccc3)ccc2O1. The standard InChI is InChI=1S/C26H25N3O4/c1-17-14-20-15-19(8-9-21(20)33-17)24(30)22-23(18-6-3-2-4-7-18)29(26(32)25(22)31)12-5-11-28-13-10-27-16-28/h2-4,6-10,13,15-17,23H,5,11-12,14H2,1H3,(H,30,31). The van der Waals surface area contributed by atoms with Gasteiger partial charge in [-0.1, -0.05) is 42.2 Å². The van der Waals surface area contributed by atoms with Crippen molar-refractivity contribution < 1.29 is 24.0 Å². The fraction of sp³-hybridized carbons (Fsp3) is 0.269. The fourth-order valence-electron chi connectivity index (χ4n) is 4.68. The van der Waals surface area contributed by atoms with Gasteiger partial charge < -0.3 is 14.7 Å². The van der Waals surface area contributed by atoms with Crippen molar-refractivity contribution in [3.05, 3.63) is 89.5 Å². The number of carbonyl (C=O) groups is 2. The molecular formula is C26H25N3O4. The number of imidazole rings is 1. The summed E-state index contributed by atoms with van der Waals surface area (Å²) in [5, 5.41) is 13.6. The Bertz CT molecular complexity index is 1220. The molecule has 7 nitrogen and oxygen atoms in total. The van der Waals surface area contributed by atoms with E-state index in [0.717, 1.165) is 16.9 Å². The summed E-state index contributed by atoms with van der Waals surface area (Å²) < 4.78 is 7.71. The number of amides is 1. The quantitative estimate of drug-likeness (QED) is 0.273. The molecule has 2 aromatic carbocycles. The lowest BCUT2D eigenvalue weighted by atomic mass is 9.94. The minimum absolute atomic E-state index is 0.0208. The van der Waals surface area contributed by atoms with Gasteiger partial charge in [0.2, 0.25) is 12.1 Å². The third-order valence-electron chi connectivity index (χ3n) is 6.22. The zero-order chi connectivity index (χ0) is 22.9. The van der Waals surface area contributed by atoms with Crippen LogP contribution in [0.1, 0.15) is 36.1 Å². The van der Waals surface area contributed by atoms with Crippen LogP contribution in [0.4, 0.5) is 0 Å². The first-order valence-electron chi connectivity index (χ1n) is 11.2. The molecule has 2 aliphatic rings. The third-order valence-corrected chi connectivity index (χ3v) is 6.22. The van der Waals surface area contributed by atoms with E-state index in [1.807, 2.05) is 60.5 Å². The predicted molar refractivity (Wildman–Crippen MR) is 119 cm³/mol. The summed E-state index contributed by atoms with van der Waals surface area (Å²) in [5.41, 5.74) is 2.13. The van der Waals surface area contributed by atoms with Crippen molar-refractivity contribution in [2.24, 2.45) is 0 Å². The Labute approximate surface area is 191 Å². The number of nitrogens with one attached hydrogen (secondary N) is 1. The predicted octanol–water partition coefficient (Wildman–Crippen LogP) is 1.94. The van der Waals surface area contributed by atoms with E-state index >= 15 is 0 Å². The Morgan fingerprint density at radius 1 is 1.21 bits per heavy atom. The molecule has 1 fully saturated rings. The van der Waals surface area contributed by atoms with Crippen LogP contribution in [-0.2, 0) is 22.6 Å². The number of nitrogens with zero attached hydrogens (tertiary/aromatic N) is 2. The zero-order valence-corrected chi connectivity index (χ0v) is 18.4. The van der Waals surface area contributed by atoms with Gasteiger partial charge >= 0.3 is 0 Å². The number of Topliss-reactive ketones (excluding diaryl/α,β-unsaturated/α-hetero) is 1. The Morgan fingerprint density at radius 3 is 2.79 bits per heavy atom. The number of aromatic amines is 1. The van der Waals surface area contributed by atoms with Crippen molar-refractivity contribution in [2.45, 2.75) is 38.5 Å². The molecule has 5 rings (SSSR count). The largest absolute Gasteiger partial charge is 0.872 e. The highest BCUT2D eigenvalue weighted by Gasteiger charge is 2.43. The Balaban J connectivity index is 1.51. The number of carbonyl (C=O) groups excluding carboxylic acids is 2. The van der Waals surface area contributed by atoms with E-state index < -0.39 is 23.5 Å². The van der Waals surface area contributed by atoms with Gasteiger partial charge in [0.15, 0.2) is 0 Å². The summed E-state index contributed by atoms with van der Waals surface area (Å²) in [6, 6.07) is 13.8. The molecule has 1 aromatic heterocycles. The highest BCUT2D eigenvalue weighted by molar-refractivity contribution is 6.46. The van der Waals surface area contributed by atoms with Gasteiger partial charge in [-0.25, -0.2) is 4.57 Å². The van der Waals surface area contributed by atoms with Crippen molar-refractivity contribution in [3.8, 4) is 5.75 Å². The van der Waals surface area contributed by atoms with Crippen LogP contribution in [-0.4, -0.2) is 34.2 Å². The molecule has 0 spiro atoms. The number of ketones is 1. The Morgan fingerprint density at radius 2 is 2.03 bits per heavy atom. The fourth-order valence-corrected chi connectivity index (χ4v) is 4.68. The average molecular weight is 444 g/mol. The van der Waals surface area contributed by atoms with E-state index in [4.69, 9.17) is 4.74 Å². The van der Waals surface area contributed by atoms with Crippen LogP contribution in [0.2, 0.25) is 0 Å². The Kier molecular flexibility index (Phi) is 5.46. The lowest BCUT2D eigenvalue weighted by Gasteiger charge is -2.27. The summed E-state index contributed by atoms with van der Waals surface area (Å²) in [6.45, 7) is 3.04. The van der Waals surface area contributed by atoms with Gasteiger partial charge in [0.05, 0.1) is 12.6 Å². The van der Waals surface area contributed by atoms with Gasteiger partial charge in [-0.2, -0.15) is 0 Å². The number of hydrogen-bond acceptors (Lipinski definition) is 4. The molecule has 7 heteroatoms. The van der Waals surface area contributed by atoms with Crippen LogP contribution in [0.25, 0.3) is 5.76 Å². The molecule has 33 heavy (non-hydrogen) atoms. The van der Waals surface area contributed by atoms with Crippen LogP contribution in [0.15, 0.2) is 72.8 Å². The number of fused-ring (bicyclic) bond motifs is 1. The van der Waals surface area contributed by atoms with Crippen molar-refractivity contribution >= 4 is 17.4 Å². The van der Waals surface area contributed by atoms with Crippen molar-refractivity contribution in [1.29, 1.82) is 0 Å². The number of likely N-dealkylation sites (tertiary alicyclic amines) is 1. The topological polar surface area (TPSA) is 89.3 Å². The number of ether oxygens (including phenoxy) is 1. The van der Waals surface area contributed by atoms with Crippen LogP contribution in [0.5, 0.6) is 5.75 Å². The smallest absolute Gasteiger partial charge is 0.295 e. The second-order valence-electron chi connectivity index (χ2n) is 8.54. The molecular weight excluding hydrogens is 418 g/mol. The van der Waals surface area contributed by atoms with Crippen LogP contribution < -0.4 is 14.4 Å². The first-order chi connectivity index (χ1) is 16.0. The second kappa shape index (κ2) is 8.58. The van der Waals surface area contributed by atoms with Crippen molar-refractivity contribution in [3.63, 3.8) is 0 Å². The summed E-state index contributed by atoms with van der Waals surface area (Å²) in [5.74, 6) is -0.967. The number of rotatable bonds is 6. The van der Waals surface area contributed by atoms with Gasteiger partial charge in [-0.05, 0) is 35.7 Å². The highest BCUT2D eigenvalue weighted by atomic mass is 16.5. The molecule has 2 aliphatic heterocycles. The molecule has 1 N–H and O–H groups in total. The number of benzene rings is 2. The average Bonchev–Trinajstić information content (AvgIpc) is 3.53. The van der Waals surface area contributed by atoms with Gasteiger partial charge in [0.1, 0.15) is 24.2 Å².